The Morgan fingerprint density at radius 3 is 2.94 bits per heavy atom. The lowest BCUT2D eigenvalue weighted by Gasteiger charge is -2.05. The third-order valence-electron chi connectivity index (χ3n) is 2.45. The van der Waals surface area contributed by atoms with Gasteiger partial charge in [-0.15, -0.1) is 0 Å². The number of carbonyl (C=O) groups excluding carboxylic acids is 2. The summed E-state index contributed by atoms with van der Waals surface area (Å²) in [6.07, 6.45) is 0.963. The molecule has 1 heterocycles. The molecule has 1 aromatic carbocycles. The maximum absolute atomic E-state index is 11.8. The molecule has 0 aliphatic carbocycles. The Balaban J connectivity index is 1.93. The van der Waals surface area contributed by atoms with Gasteiger partial charge < -0.3 is 20.8 Å². The van der Waals surface area contributed by atoms with E-state index < -0.39 is 6.09 Å². The van der Waals surface area contributed by atoms with E-state index in [1.54, 1.807) is 12.1 Å². The number of carbonyl (C=O) groups is 2. The Hall–Kier alpha value is -2.50. The number of aromatic amines is 1. The third kappa shape index (κ3) is 2.79. The molecule has 6 nitrogen and oxygen atoms in total. The molecular weight excluding hydrogens is 234 g/mol. The molecule has 0 saturated carbocycles. The second kappa shape index (κ2) is 5.22. The summed E-state index contributed by atoms with van der Waals surface area (Å²) in [6, 6.07) is 7.29. The minimum Gasteiger partial charge on any atom is -0.448 e. The maximum Gasteiger partial charge on any atom is 0.404 e. The van der Waals surface area contributed by atoms with Crippen molar-refractivity contribution in [2.24, 2.45) is 5.73 Å². The number of hydrogen-bond donors (Lipinski definition) is 3. The van der Waals surface area contributed by atoms with Crippen molar-refractivity contribution in [3.63, 3.8) is 0 Å². The molecule has 2 rings (SSSR count). The lowest BCUT2D eigenvalue weighted by atomic mass is 10.1. The number of H-pyrrole nitrogens is 1. The number of amides is 2. The summed E-state index contributed by atoms with van der Waals surface area (Å²) >= 11 is 0. The highest BCUT2D eigenvalue weighted by molar-refractivity contribution is 5.97. The predicted octanol–water partition coefficient (Wildman–Crippen LogP) is 0.993. The molecule has 0 saturated heterocycles. The van der Waals surface area contributed by atoms with Crippen LogP contribution in [-0.4, -0.2) is 30.1 Å². The van der Waals surface area contributed by atoms with E-state index in [2.05, 4.69) is 15.0 Å². The molecule has 0 radical (unpaired) electrons. The number of ether oxygens (including phenoxy) is 1. The minimum absolute atomic E-state index is 0.0613. The van der Waals surface area contributed by atoms with Gasteiger partial charge in [0.2, 0.25) is 0 Å². The van der Waals surface area contributed by atoms with Gasteiger partial charge in [-0.1, -0.05) is 6.07 Å². The molecule has 1 aromatic heterocycles. The van der Waals surface area contributed by atoms with E-state index in [4.69, 9.17) is 5.73 Å². The van der Waals surface area contributed by atoms with Crippen molar-refractivity contribution in [2.75, 3.05) is 13.2 Å². The second-order valence-electron chi connectivity index (χ2n) is 3.70. The molecule has 18 heavy (non-hydrogen) atoms. The SMILES string of the molecule is NC(=O)OCCNC(=O)c1ccc2cc[nH]c2c1. The topological polar surface area (TPSA) is 97.2 Å². The first-order valence-corrected chi connectivity index (χ1v) is 5.44. The molecule has 0 aliphatic heterocycles. The van der Waals surface area contributed by atoms with Crippen molar-refractivity contribution in [3.8, 4) is 0 Å². The van der Waals surface area contributed by atoms with E-state index in [-0.39, 0.29) is 19.1 Å². The Morgan fingerprint density at radius 2 is 2.17 bits per heavy atom. The zero-order chi connectivity index (χ0) is 13.0. The zero-order valence-electron chi connectivity index (χ0n) is 9.60. The monoisotopic (exact) mass is 247 g/mol. The van der Waals surface area contributed by atoms with Gasteiger partial charge in [-0.05, 0) is 23.6 Å². The molecule has 0 bridgehead atoms. The number of hydrogen-bond acceptors (Lipinski definition) is 3. The quantitative estimate of drug-likeness (QED) is 0.703. The fraction of sp³-hybridized carbons (Fsp3) is 0.167. The van der Waals surface area contributed by atoms with Gasteiger partial charge in [0.05, 0.1) is 6.54 Å². The van der Waals surface area contributed by atoms with Crippen LogP contribution in [0.25, 0.3) is 10.9 Å². The van der Waals surface area contributed by atoms with Gasteiger partial charge >= 0.3 is 6.09 Å². The smallest absolute Gasteiger partial charge is 0.404 e. The molecule has 4 N–H and O–H groups in total. The highest BCUT2D eigenvalue weighted by Crippen LogP contribution is 2.13. The van der Waals surface area contributed by atoms with Crippen LogP contribution in [0.4, 0.5) is 4.79 Å². The number of benzene rings is 1. The average Bonchev–Trinajstić information content (AvgIpc) is 2.81. The lowest BCUT2D eigenvalue weighted by molar-refractivity contribution is 0.0937. The molecule has 2 aromatic rings. The van der Waals surface area contributed by atoms with Crippen LogP contribution in [0.15, 0.2) is 30.5 Å². The normalized spacial score (nSPS) is 10.2. The molecular formula is C12H13N3O3. The largest absolute Gasteiger partial charge is 0.448 e. The van der Waals surface area contributed by atoms with Crippen molar-refractivity contribution >= 4 is 22.9 Å². The highest BCUT2D eigenvalue weighted by Gasteiger charge is 2.06. The Morgan fingerprint density at radius 1 is 1.33 bits per heavy atom. The van der Waals surface area contributed by atoms with Crippen molar-refractivity contribution < 1.29 is 14.3 Å². The summed E-state index contributed by atoms with van der Waals surface area (Å²) in [6.45, 7) is 0.288. The molecule has 2 amide bonds. The molecule has 0 atom stereocenters. The summed E-state index contributed by atoms with van der Waals surface area (Å²) in [7, 11) is 0. The molecule has 0 spiro atoms. The van der Waals surface area contributed by atoms with Crippen LogP contribution in [0.3, 0.4) is 0 Å². The van der Waals surface area contributed by atoms with Gasteiger partial charge in [-0.3, -0.25) is 4.79 Å². The van der Waals surface area contributed by atoms with Crippen molar-refractivity contribution in [1.82, 2.24) is 10.3 Å². The molecule has 6 heteroatoms. The fourth-order valence-electron chi connectivity index (χ4n) is 1.61. The summed E-state index contributed by atoms with van der Waals surface area (Å²) in [5.74, 6) is -0.223. The Labute approximate surface area is 103 Å². The van der Waals surface area contributed by atoms with Crippen LogP contribution in [0.1, 0.15) is 10.4 Å². The van der Waals surface area contributed by atoms with Crippen molar-refractivity contribution in [2.45, 2.75) is 0 Å². The van der Waals surface area contributed by atoms with Crippen LogP contribution in [0, 0.1) is 0 Å². The van der Waals surface area contributed by atoms with E-state index in [1.807, 2.05) is 18.3 Å². The first kappa shape index (κ1) is 12.0. The number of aromatic nitrogens is 1. The number of nitrogens with two attached hydrogens (primary N) is 1. The van der Waals surface area contributed by atoms with Crippen molar-refractivity contribution in [3.05, 3.63) is 36.0 Å². The van der Waals surface area contributed by atoms with Gasteiger partial charge in [-0.2, -0.15) is 0 Å². The molecule has 94 valence electrons. The third-order valence-corrected chi connectivity index (χ3v) is 2.45. The Bertz CT molecular complexity index is 577. The molecule has 0 unspecified atom stereocenters. The first-order chi connectivity index (χ1) is 8.66. The average molecular weight is 247 g/mol. The fourth-order valence-corrected chi connectivity index (χ4v) is 1.61. The van der Waals surface area contributed by atoms with Crippen LogP contribution < -0.4 is 11.1 Å². The summed E-state index contributed by atoms with van der Waals surface area (Å²) in [4.78, 5) is 25.1. The van der Waals surface area contributed by atoms with Gasteiger partial charge in [0.1, 0.15) is 6.61 Å². The Kier molecular flexibility index (Phi) is 3.47. The van der Waals surface area contributed by atoms with Gasteiger partial charge in [0.15, 0.2) is 0 Å². The van der Waals surface area contributed by atoms with Crippen LogP contribution >= 0.6 is 0 Å². The lowest BCUT2D eigenvalue weighted by Crippen LogP contribution is -2.28. The number of rotatable bonds is 4. The van der Waals surface area contributed by atoms with E-state index in [0.717, 1.165) is 10.9 Å². The van der Waals surface area contributed by atoms with Crippen LogP contribution in [0.5, 0.6) is 0 Å². The first-order valence-electron chi connectivity index (χ1n) is 5.44. The number of fused-ring (bicyclic) bond motifs is 1. The molecule has 0 aliphatic rings. The number of nitrogens with one attached hydrogen (secondary N) is 2. The van der Waals surface area contributed by atoms with Crippen LogP contribution in [0.2, 0.25) is 0 Å². The predicted molar refractivity (Wildman–Crippen MR) is 66.2 cm³/mol. The maximum atomic E-state index is 11.8. The van der Waals surface area contributed by atoms with E-state index in [9.17, 15) is 9.59 Å². The molecule has 0 fully saturated rings. The summed E-state index contributed by atoms with van der Waals surface area (Å²) in [5.41, 5.74) is 6.24. The van der Waals surface area contributed by atoms with E-state index in [1.165, 1.54) is 0 Å². The zero-order valence-corrected chi connectivity index (χ0v) is 9.60. The van der Waals surface area contributed by atoms with Gasteiger partial charge in [0.25, 0.3) is 5.91 Å². The minimum atomic E-state index is -0.850. The van der Waals surface area contributed by atoms with E-state index in [0.29, 0.717) is 5.56 Å². The summed E-state index contributed by atoms with van der Waals surface area (Å²) < 4.78 is 4.50. The van der Waals surface area contributed by atoms with Gasteiger partial charge in [0, 0.05) is 17.3 Å². The van der Waals surface area contributed by atoms with Gasteiger partial charge in [-0.25, -0.2) is 4.79 Å². The van der Waals surface area contributed by atoms with Crippen LogP contribution in [-0.2, 0) is 4.74 Å². The standard InChI is InChI=1S/C12H13N3O3/c13-12(17)18-6-5-15-11(16)9-2-1-8-3-4-14-10(8)7-9/h1-4,7,14H,5-6H2,(H2,13,17)(H,15,16). The second-order valence-corrected chi connectivity index (χ2v) is 3.70. The summed E-state index contributed by atoms with van der Waals surface area (Å²) in [5, 5.41) is 3.67. The van der Waals surface area contributed by atoms with E-state index >= 15 is 0 Å². The number of primary amides is 1. The highest BCUT2D eigenvalue weighted by atomic mass is 16.5. The van der Waals surface area contributed by atoms with Crippen molar-refractivity contribution in [1.29, 1.82) is 0 Å².